The van der Waals surface area contributed by atoms with Gasteiger partial charge in [0.25, 0.3) is 0 Å². The Hall–Kier alpha value is -1.81. The Morgan fingerprint density at radius 2 is 2.00 bits per heavy atom. The van der Waals surface area contributed by atoms with Crippen LogP contribution >= 0.6 is 0 Å². The van der Waals surface area contributed by atoms with Gasteiger partial charge in [-0.3, -0.25) is 4.79 Å². The van der Waals surface area contributed by atoms with Crippen molar-refractivity contribution in [3.63, 3.8) is 0 Å². The Kier molecular flexibility index (Phi) is 7.67. The van der Waals surface area contributed by atoms with Gasteiger partial charge >= 0.3 is 0 Å². The zero-order valence-electron chi connectivity index (χ0n) is 14.1. The van der Waals surface area contributed by atoms with Gasteiger partial charge in [0.1, 0.15) is 5.75 Å². The molecular weight excluding hydrogens is 288 g/mol. The molecule has 0 radical (unpaired) electrons. The second-order valence-corrected chi connectivity index (χ2v) is 5.98. The zero-order valence-corrected chi connectivity index (χ0v) is 14.1. The summed E-state index contributed by atoms with van der Waals surface area (Å²) in [6, 6.07) is 7.75. The number of carbonyl (C=O) groups is 1. The number of allylic oxidation sites excluding steroid dienone is 1. The monoisotopic (exact) mass is 316 g/mol. The number of amides is 1. The molecule has 2 rings (SSSR count). The third kappa shape index (κ3) is 6.87. The summed E-state index contributed by atoms with van der Waals surface area (Å²) in [7, 11) is 1.65. The summed E-state index contributed by atoms with van der Waals surface area (Å²) in [4.78, 5) is 11.8. The van der Waals surface area contributed by atoms with Crippen molar-refractivity contribution >= 4 is 5.91 Å². The fourth-order valence-electron chi connectivity index (χ4n) is 2.74. The van der Waals surface area contributed by atoms with Crippen LogP contribution in [0.25, 0.3) is 0 Å². The highest BCUT2D eigenvalue weighted by molar-refractivity contribution is 5.76. The molecule has 1 aliphatic rings. The SMILES string of the molecule is COc1ccc(CNC(=O)CCNCCC2=CCCCC2)cc1. The molecule has 126 valence electrons. The van der Waals surface area contributed by atoms with Crippen LogP contribution in [0.5, 0.6) is 5.75 Å². The van der Waals surface area contributed by atoms with E-state index in [0.29, 0.717) is 13.0 Å². The lowest BCUT2D eigenvalue weighted by Crippen LogP contribution is -2.27. The van der Waals surface area contributed by atoms with Gasteiger partial charge in [-0.2, -0.15) is 0 Å². The van der Waals surface area contributed by atoms with E-state index in [1.54, 1.807) is 12.7 Å². The molecule has 0 fully saturated rings. The van der Waals surface area contributed by atoms with E-state index >= 15 is 0 Å². The van der Waals surface area contributed by atoms with Crippen LogP contribution in [-0.4, -0.2) is 26.1 Å². The lowest BCUT2D eigenvalue weighted by Gasteiger charge is -2.13. The highest BCUT2D eigenvalue weighted by Gasteiger charge is 2.04. The van der Waals surface area contributed by atoms with Gasteiger partial charge in [-0.1, -0.05) is 23.8 Å². The van der Waals surface area contributed by atoms with Crippen LogP contribution < -0.4 is 15.4 Å². The molecule has 0 saturated heterocycles. The molecule has 1 aliphatic carbocycles. The number of hydrogen-bond acceptors (Lipinski definition) is 3. The standard InChI is InChI=1S/C19H28N2O2/c1-23-18-9-7-17(8-10-18)15-21-19(22)12-14-20-13-11-16-5-3-2-4-6-16/h5,7-10,20H,2-4,6,11-15H2,1H3,(H,21,22). The number of hydrogen-bond donors (Lipinski definition) is 2. The maximum Gasteiger partial charge on any atom is 0.221 e. The van der Waals surface area contributed by atoms with Crippen LogP contribution in [0.2, 0.25) is 0 Å². The van der Waals surface area contributed by atoms with Crippen molar-refractivity contribution in [2.75, 3.05) is 20.2 Å². The first kappa shape index (κ1) is 17.5. The molecule has 1 aromatic carbocycles. The van der Waals surface area contributed by atoms with Gasteiger partial charge in [0, 0.05) is 19.5 Å². The summed E-state index contributed by atoms with van der Waals surface area (Å²) >= 11 is 0. The molecule has 0 saturated carbocycles. The normalized spacial score (nSPS) is 14.2. The van der Waals surface area contributed by atoms with Gasteiger partial charge in [-0.15, -0.1) is 0 Å². The third-order valence-corrected chi connectivity index (χ3v) is 4.19. The lowest BCUT2D eigenvalue weighted by molar-refractivity contribution is -0.121. The first-order valence-corrected chi connectivity index (χ1v) is 8.56. The highest BCUT2D eigenvalue weighted by Crippen LogP contribution is 2.19. The Balaban J connectivity index is 1.53. The van der Waals surface area contributed by atoms with Crippen molar-refractivity contribution < 1.29 is 9.53 Å². The van der Waals surface area contributed by atoms with Crippen LogP contribution in [0.4, 0.5) is 0 Å². The number of rotatable bonds is 9. The molecule has 2 N–H and O–H groups in total. The average Bonchev–Trinajstić information content (AvgIpc) is 2.61. The van der Waals surface area contributed by atoms with Crippen LogP contribution in [0, 0.1) is 0 Å². The van der Waals surface area contributed by atoms with Crippen molar-refractivity contribution in [1.82, 2.24) is 10.6 Å². The van der Waals surface area contributed by atoms with Crippen LogP contribution in [0.15, 0.2) is 35.9 Å². The van der Waals surface area contributed by atoms with Crippen molar-refractivity contribution in [3.05, 3.63) is 41.5 Å². The van der Waals surface area contributed by atoms with Crippen molar-refractivity contribution in [2.45, 2.75) is 45.1 Å². The fraction of sp³-hybridized carbons (Fsp3) is 0.526. The minimum absolute atomic E-state index is 0.0881. The smallest absolute Gasteiger partial charge is 0.221 e. The maximum absolute atomic E-state index is 11.8. The summed E-state index contributed by atoms with van der Waals surface area (Å²) in [5.74, 6) is 0.919. The Bertz CT molecular complexity index is 509. The summed E-state index contributed by atoms with van der Waals surface area (Å²) in [6.07, 6.45) is 9.19. The molecule has 0 unspecified atom stereocenters. The predicted octanol–water partition coefficient (Wildman–Crippen LogP) is 3.18. The fourth-order valence-corrected chi connectivity index (χ4v) is 2.74. The van der Waals surface area contributed by atoms with Gasteiger partial charge in [0.15, 0.2) is 0 Å². The highest BCUT2D eigenvalue weighted by atomic mass is 16.5. The number of nitrogens with one attached hydrogen (secondary N) is 2. The van der Waals surface area contributed by atoms with Gasteiger partial charge < -0.3 is 15.4 Å². The molecule has 1 aromatic rings. The predicted molar refractivity (Wildman–Crippen MR) is 93.5 cm³/mol. The summed E-state index contributed by atoms with van der Waals surface area (Å²) < 4.78 is 5.12. The second kappa shape index (κ2) is 10.1. The minimum atomic E-state index is 0.0881. The molecule has 0 bridgehead atoms. The van der Waals surface area contributed by atoms with Gasteiger partial charge in [0.2, 0.25) is 5.91 Å². The Morgan fingerprint density at radius 1 is 1.17 bits per heavy atom. The minimum Gasteiger partial charge on any atom is -0.497 e. The average molecular weight is 316 g/mol. The lowest BCUT2D eigenvalue weighted by atomic mass is 9.97. The van der Waals surface area contributed by atoms with E-state index in [1.165, 1.54) is 25.7 Å². The quantitative estimate of drug-likeness (QED) is 0.543. The molecule has 0 atom stereocenters. The van der Waals surface area contributed by atoms with Crippen molar-refractivity contribution in [3.8, 4) is 5.75 Å². The molecule has 0 heterocycles. The molecule has 23 heavy (non-hydrogen) atoms. The number of carbonyl (C=O) groups excluding carboxylic acids is 1. The molecule has 1 amide bonds. The molecule has 0 aliphatic heterocycles. The van der Waals surface area contributed by atoms with Gasteiger partial charge in [-0.25, -0.2) is 0 Å². The van der Waals surface area contributed by atoms with Gasteiger partial charge in [0.05, 0.1) is 7.11 Å². The molecular formula is C19H28N2O2. The first-order chi connectivity index (χ1) is 11.3. The number of ether oxygens (including phenoxy) is 1. The largest absolute Gasteiger partial charge is 0.497 e. The van der Waals surface area contributed by atoms with E-state index in [1.807, 2.05) is 24.3 Å². The third-order valence-electron chi connectivity index (χ3n) is 4.19. The Labute approximate surface area is 139 Å². The molecule has 0 aromatic heterocycles. The topological polar surface area (TPSA) is 50.4 Å². The first-order valence-electron chi connectivity index (χ1n) is 8.56. The van der Waals surface area contributed by atoms with E-state index in [2.05, 4.69) is 16.7 Å². The van der Waals surface area contributed by atoms with Crippen molar-refractivity contribution in [2.24, 2.45) is 0 Å². The molecule has 0 spiro atoms. The molecule has 4 nitrogen and oxygen atoms in total. The van der Waals surface area contributed by atoms with Gasteiger partial charge in [-0.05, 0) is 56.3 Å². The number of methoxy groups -OCH3 is 1. The zero-order chi connectivity index (χ0) is 16.3. The second-order valence-electron chi connectivity index (χ2n) is 5.98. The molecule has 4 heteroatoms. The maximum atomic E-state index is 11.8. The van der Waals surface area contributed by atoms with Crippen LogP contribution in [-0.2, 0) is 11.3 Å². The van der Waals surface area contributed by atoms with Crippen molar-refractivity contribution in [1.29, 1.82) is 0 Å². The van der Waals surface area contributed by atoms with E-state index in [9.17, 15) is 4.79 Å². The van der Waals surface area contributed by atoms with E-state index in [0.717, 1.165) is 30.8 Å². The van der Waals surface area contributed by atoms with Crippen LogP contribution in [0.1, 0.15) is 44.1 Å². The van der Waals surface area contributed by atoms with E-state index in [-0.39, 0.29) is 5.91 Å². The van der Waals surface area contributed by atoms with E-state index in [4.69, 9.17) is 4.74 Å². The summed E-state index contributed by atoms with van der Waals surface area (Å²) in [6.45, 7) is 2.27. The summed E-state index contributed by atoms with van der Waals surface area (Å²) in [5, 5.41) is 6.30. The number of benzene rings is 1. The van der Waals surface area contributed by atoms with Crippen LogP contribution in [0.3, 0.4) is 0 Å². The summed E-state index contributed by atoms with van der Waals surface area (Å²) in [5.41, 5.74) is 2.66. The van der Waals surface area contributed by atoms with E-state index < -0.39 is 0 Å². The Morgan fingerprint density at radius 3 is 2.70 bits per heavy atom.